The van der Waals surface area contributed by atoms with Gasteiger partial charge < -0.3 is 20.9 Å². The van der Waals surface area contributed by atoms with Crippen LogP contribution in [0.25, 0.3) is 0 Å². The van der Waals surface area contributed by atoms with Gasteiger partial charge in [-0.15, -0.1) is 0 Å². The number of hydrogen-bond acceptors (Lipinski definition) is 4. The summed E-state index contributed by atoms with van der Waals surface area (Å²) in [6.07, 6.45) is -0.680. The molecule has 0 radical (unpaired) electrons. The third kappa shape index (κ3) is 5.90. The zero-order valence-electron chi connectivity index (χ0n) is 9.46. The lowest BCUT2D eigenvalue weighted by molar-refractivity contribution is -0.142. The SMILES string of the molecule is CC(C)(C)OC(=O)NC[C@](C)(N)C(=O)O. The molecule has 0 spiro atoms. The highest BCUT2D eigenvalue weighted by Crippen LogP contribution is 2.06. The fourth-order valence-corrected chi connectivity index (χ4v) is 0.646. The standard InChI is InChI=1S/C9H18N2O4/c1-8(2,3)15-7(14)11-5-9(4,10)6(12)13/h5,10H2,1-4H3,(H,11,14)(H,12,13)/t9-/m0/s1. The van der Waals surface area contributed by atoms with Crippen molar-refractivity contribution in [3.8, 4) is 0 Å². The molecule has 88 valence electrons. The van der Waals surface area contributed by atoms with E-state index in [0.717, 1.165) is 0 Å². The predicted octanol–water partition coefficient (Wildman–Crippen LogP) is 0.313. The van der Waals surface area contributed by atoms with Crippen LogP contribution >= 0.6 is 0 Å². The molecule has 0 unspecified atom stereocenters. The highest BCUT2D eigenvalue weighted by Gasteiger charge is 2.29. The minimum absolute atomic E-state index is 0.183. The molecule has 0 saturated heterocycles. The average molecular weight is 218 g/mol. The van der Waals surface area contributed by atoms with Crippen LogP contribution in [-0.2, 0) is 9.53 Å². The number of carbonyl (C=O) groups is 2. The first-order valence-electron chi connectivity index (χ1n) is 4.54. The van der Waals surface area contributed by atoms with Crippen LogP contribution in [0.15, 0.2) is 0 Å². The number of aliphatic carboxylic acids is 1. The molecule has 0 heterocycles. The molecule has 6 nitrogen and oxygen atoms in total. The van der Waals surface area contributed by atoms with Crippen LogP contribution in [0.5, 0.6) is 0 Å². The van der Waals surface area contributed by atoms with Gasteiger partial charge in [-0.25, -0.2) is 4.79 Å². The van der Waals surface area contributed by atoms with Gasteiger partial charge in [-0.1, -0.05) is 0 Å². The van der Waals surface area contributed by atoms with E-state index in [1.807, 2.05) is 0 Å². The molecular weight excluding hydrogens is 200 g/mol. The molecule has 0 bridgehead atoms. The maximum Gasteiger partial charge on any atom is 0.407 e. The summed E-state index contributed by atoms with van der Waals surface area (Å²) >= 11 is 0. The number of nitrogens with two attached hydrogens (primary N) is 1. The van der Waals surface area contributed by atoms with E-state index in [2.05, 4.69) is 5.32 Å². The van der Waals surface area contributed by atoms with Crippen molar-refractivity contribution in [1.29, 1.82) is 0 Å². The summed E-state index contributed by atoms with van der Waals surface area (Å²) < 4.78 is 4.91. The first-order valence-corrected chi connectivity index (χ1v) is 4.54. The van der Waals surface area contributed by atoms with Gasteiger partial charge in [0.25, 0.3) is 0 Å². The monoisotopic (exact) mass is 218 g/mol. The summed E-state index contributed by atoms with van der Waals surface area (Å²) in [7, 11) is 0. The smallest absolute Gasteiger partial charge is 0.407 e. The number of rotatable bonds is 3. The number of nitrogens with one attached hydrogen (secondary N) is 1. The second-order valence-corrected chi connectivity index (χ2v) is 4.58. The first-order chi connectivity index (χ1) is 6.54. The minimum Gasteiger partial charge on any atom is -0.480 e. The number of hydrogen-bond donors (Lipinski definition) is 3. The van der Waals surface area contributed by atoms with Crippen LogP contribution in [0.1, 0.15) is 27.7 Å². The Morgan fingerprint density at radius 1 is 1.33 bits per heavy atom. The Morgan fingerprint density at radius 3 is 2.13 bits per heavy atom. The van der Waals surface area contributed by atoms with E-state index in [1.165, 1.54) is 6.92 Å². The van der Waals surface area contributed by atoms with Crippen molar-refractivity contribution in [2.24, 2.45) is 5.73 Å². The molecule has 1 atom stereocenters. The van der Waals surface area contributed by atoms with Crippen molar-refractivity contribution in [2.75, 3.05) is 6.54 Å². The zero-order valence-corrected chi connectivity index (χ0v) is 9.46. The number of carboxylic acid groups (broad SMARTS) is 1. The van der Waals surface area contributed by atoms with Gasteiger partial charge in [0.15, 0.2) is 0 Å². The second kappa shape index (κ2) is 4.48. The lowest BCUT2D eigenvalue weighted by Gasteiger charge is -2.23. The molecule has 15 heavy (non-hydrogen) atoms. The summed E-state index contributed by atoms with van der Waals surface area (Å²) in [6.45, 7) is 6.27. The Labute approximate surface area is 88.8 Å². The van der Waals surface area contributed by atoms with Gasteiger partial charge in [0.05, 0.1) is 0 Å². The highest BCUT2D eigenvalue weighted by atomic mass is 16.6. The summed E-state index contributed by atoms with van der Waals surface area (Å²) in [6, 6.07) is 0. The van der Waals surface area contributed by atoms with E-state index in [9.17, 15) is 9.59 Å². The topological polar surface area (TPSA) is 102 Å². The first kappa shape index (κ1) is 13.7. The molecule has 4 N–H and O–H groups in total. The molecule has 0 rings (SSSR count). The molecule has 0 aliphatic rings. The number of amides is 1. The number of alkyl carbamates (subject to hydrolysis) is 1. The van der Waals surface area contributed by atoms with E-state index in [1.54, 1.807) is 20.8 Å². The van der Waals surface area contributed by atoms with Crippen molar-refractivity contribution in [1.82, 2.24) is 5.32 Å². The van der Waals surface area contributed by atoms with Crippen LogP contribution in [0, 0.1) is 0 Å². The van der Waals surface area contributed by atoms with Gasteiger partial charge in [-0.2, -0.15) is 0 Å². The zero-order chi connectivity index (χ0) is 12.3. The molecular formula is C9H18N2O4. The van der Waals surface area contributed by atoms with Crippen LogP contribution < -0.4 is 11.1 Å². The average Bonchev–Trinajstić information content (AvgIpc) is 1.97. The summed E-state index contributed by atoms with van der Waals surface area (Å²) in [5.74, 6) is -1.18. The van der Waals surface area contributed by atoms with Gasteiger partial charge in [-0.05, 0) is 27.7 Å². The van der Waals surface area contributed by atoms with Crippen molar-refractivity contribution in [3.05, 3.63) is 0 Å². The number of carboxylic acids is 1. The highest BCUT2D eigenvalue weighted by molar-refractivity contribution is 5.79. The maximum atomic E-state index is 11.1. The van der Waals surface area contributed by atoms with Gasteiger partial charge in [0, 0.05) is 6.54 Å². The molecule has 0 aromatic heterocycles. The molecule has 6 heteroatoms. The van der Waals surface area contributed by atoms with Crippen molar-refractivity contribution in [2.45, 2.75) is 38.8 Å². The second-order valence-electron chi connectivity index (χ2n) is 4.58. The maximum absolute atomic E-state index is 11.1. The van der Waals surface area contributed by atoms with Crippen LogP contribution in [0.3, 0.4) is 0 Å². The lowest BCUT2D eigenvalue weighted by Crippen LogP contribution is -2.54. The van der Waals surface area contributed by atoms with Crippen LogP contribution in [0.4, 0.5) is 4.79 Å². The summed E-state index contributed by atoms with van der Waals surface area (Å²) in [5.41, 5.74) is 3.30. The number of ether oxygens (including phenoxy) is 1. The third-order valence-corrected chi connectivity index (χ3v) is 1.49. The van der Waals surface area contributed by atoms with Gasteiger partial charge in [-0.3, -0.25) is 4.79 Å². The Balaban J connectivity index is 4.07. The summed E-state index contributed by atoms with van der Waals surface area (Å²) in [4.78, 5) is 21.7. The molecule has 0 fully saturated rings. The predicted molar refractivity (Wildman–Crippen MR) is 54.5 cm³/mol. The van der Waals surface area contributed by atoms with Crippen molar-refractivity contribution < 1.29 is 19.4 Å². The third-order valence-electron chi connectivity index (χ3n) is 1.49. The van der Waals surface area contributed by atoms with E-state index in [4.69, 9.17) is 15.6 Å². The molecule has 0 saturated carbocycles. The molecule has 0 aromatic carbocycles. The van der Waals surface area contributed by atoms with Gasteiger partial charge in [0.1, 0.15) is 11.1 Å². The molecule has 0 aliphatic heterocycles. The van der Waals surface area contributed by atoms with Crippen LogP contribution in [0.2, 0.25) is 0 Å². The van der Waals surface area contributed by atoms with E-state index < -0.39 is 23.2 Å². The normalized spacial score (nSPS) is 15.3. The Hall–Kier alpha value is -1.30. The minimum atomic E-state index is -1.49. The fourth-order valence-electron chi connectivity index (χ4n) is 0.646. The molecule has 0 aliphatic carbocycles. The Bertz CT molecular complexity index is 255. The van der Waals surface area contributed by atoms with Crippen molar-refractivity contribution in [3.63, 3.8) is 0 Å². The molecule has 0 aromatic rings. The van der Waals surface area contributed by atoms with Crippen LogP contribution in [-0.4, -0.2) is 34.9 Å². The quantitative estimate of drug-likeness (QED) is 0.633. The van der Waals surface area contributed by atoms with Crippen molar-refractivity contribution >= 4 is 12.1 Å². The number of carbonyl (C=O) groups excluding carboxylic acids is 1. The largest absolute Gasteiger partial charge is 0.480 e. The summed E-state index contributed by atoms with van der Waals surface area (Å²) in [5, 5.41) is 11.0. The fraction of sp³-hybridized carbons (Fsp3) is 0.778. The lowest BCUT2D eigenvalue weighted by atomic mass is 10.1. The van der Waals surface area contributed by atoms with E-state index >= 15 is 0 Å². The van der Waals surface area contributed by atoms with Gasteiger partial charge >= 0.3 is 12.1 Å². The Kier molecular flexibility index (Phi) is 4.09. The van der Waals surface area contributed by atoms with E-state index in [-0.39, 0.29) is 6.54 Å². The molecule has 1 amide bonds. The Morgan fingerprint density at radius 2 is 1.80 bits per heavy atom. The van der Waals surface area contributed by atoms with E-state index in [0.29, 0.717) is 0 Å². The van der Waals surface area contributed by atoms with Gasteiger partial charge in [0.2, 0.25) is 0 Å².